The third-order valence-corrected chi connectivity index (χ3v) is 3.57. The Morgan fingerprint density at radius 2 is 2.18 bits per heavy atom. The lowest BCUT2D eigenvalue weighted by molar-refractivity contribution is 0.413. The van der Waals surface area contributed by atoms with E-state index in [1.54, 1.807) is 12.3 Å². The van der Waals surface area contributed by atoms with Gasteiger partial charge in [0.15, 0.2) is 0 Å². The smallest absolute Gasteiger partial charge is 0.144 e. The fourth-order valence-electron chi connectivity index (χ4n) is 0.985. The second-order valence-corrected chi connectivity index (χ2v) is 6.61. The summed E-state index contributed by atoms with van der Waals surface area (Å²) in [5, 5.41) is 0.277. The maximum Gasteiger partial charge on any atom is 0.144 e. The zero-order chi connectivity index (χ0) is 13.1. The van der Waals surface area contributed by atoms with Crippen LogP contribution < -0.4 is 4.74 Å². The van der Waals surface area contributed by atoms with Crippen molar-refractivity contribution >= 4 is 29.2 Å². The summed E-state index contributed by atoms with van der Waals surface area (Å²) in [5.74, 6) is 0.555. The molecule has 0 bridgehead atoms. The van der Waals surface area contributed by atoms with Gasteiger partial charge in [-0.25, -0.2) is 4.98 Å². The van der Waals surface area contributed by atoms with Crippen LogP contribution >= 0.6 is 11.6 Å². The van der Waals surface area contributed by atoms with E-state index in [1.165, 1.54) is 13.3 Å². The average molecular weight is 275 g/mol. The van der Waals surface area contributed by atoms with E-state index in [0.717, 1.165) is 0 Å². The minimum atomic E-state index is -1.33. The summed E-state index contributed by atoms with van der Waals surface area (Å²) < 4.78 is 20.5. The second-order valence-electron chi connectivity index (χ2n) is 4.31. The van der Waals surface area contributed by atoms with Gasteiger partial charge < -0.3 is 9.29 Å². The van der Waals surface area contributed by atoms with Crippen LogP contribution in [0.3, 0.4) is 0 Å². The van der Waals surface area contributed by atoms with Gasteiger partial charge in [0.2, 0.25) is 0 Å². The maximum absolute atomic E-state index is 11.8. The number of hydrogen-bond acceptors (Lipinski definition) is 4. The van der Waals surface area contributed by atoms with Crippen molar-refractivity contribution in [2.24, 2.45) is 4.40 Å². The van der Waals surface area contributed by atoms with Crippen molar-refractivity contribution in [3.63, 3.8) is 0 Å². The molecule has 4 nitrogen and oxygen atoms in total. The third-order valence-electron chi connectivity index (χ3n) is 1.92. The van der Waals surface area contributed by atoms with Crippen LogP contribution in [-0.4, -0.2) is 27.6 Å². The Balaban J connectivity index is 2.99. The summed E-state index contributed by atoms with van der Waals surface area (Å²) in [6, 6.07) is 1.67. The van der Waals surface area contributed by atoms with Gasteiger partial charge in [-0.05, 0) is 26.8 Å². The van der Waals surface area contributed by atoms with Crippen LogP contribution in [0.2, 0.25) is 5.15 Å². The topological polar surface area (TPSA) is 57.5 Å². The van der Waals surface area contributed by atoms with E-state index < -0.39 is 16.1 Å². The van der Waals surface area contributed by atoms with Gasteiger partial charge in [0, 0.05) is 6.20 Å². The highest BCUT2D eigenvalue weighted by Crippen LogP contribution is 2.23. The molecule has 0 saturated heterocycles. The highest BCUT2D eigenvalue weighted by Gasteiger charge is 2.26. The molecule has 0 saturated carbocycles. The molecule has 0 aliphatic rings. The quantitative estimate of drug-likeness (QED) is 0.484. The second kappa shape index (κ2) is 5.71. The van der Waals surface area contributed by atoms with Crippen LogP contribution in [0.15, 0.2) is 16.7 Å². The molecule has 1 heterocycles. The first kappa shape index (κ1) is 14.3. The number of nitrogens with zero attached hydrogens (tertiary/aromatic N) is 2. The molecule has 1 aromatic rings. The predicted octanol–water partition coefficient (Wildman–Crippen LogP) is 2.62. The van der Waals surface area contributed by atoms with Crippen molar-refractivity contribution in [2.75, 3.05) is 7.11 Å². The Hall–Kier alpha value is -0.780. The van der Waals surface area contributed by atoms with Crippen molar-refractivity contribution in [1.82, 2.24) is 4.98 Å². The van der Waals surface area contributed by atoms with Gasteiger partial charge in [0.05, 0.1) is 18.9 Å². The van der Waals surface area contributed by atoms with E-state index in [2.05, 4.69) is 9.38 Å². The molecule has 0 N–H and O–H groups in total. The third kappa shape index (κ3) is 3.87. The molecule has 1 unspecified atom stereocenters. The van der Waals surface area contributed by atoms with Crippen molar-refractivity contribution < 1.29 is 9.29 Å². The zero-order valence-electron chi connectivity index (χ0n) is 10.2. The van der Waals surface area contributed by atoms with Crippen LogP contribution in [0, 0.1) is 0 Å². The lowest BCUT2D eigenvalue weighted by Gasteiger charge is -2.17. The Morgan fingerprint density at radius 1 is 1.53 bits per heavy atom. The van der Waals surface area contributed by atoms with E-state index in [4.69, 9.17) is 16.3 Å². The summed E-state index contributed by atoms with van der Waals surface area (Å²) in [5.41, 5.74) is 0.536. The molecular weight excluding hydrogens is 260 g/mol. The van der Waals surface area contributed by atoms with Gasteiger partial charge >= 0.3 is 0 Å². The van der Waals surface area contributed by atoms with E-state index in [9.17, 15) is 4.55 Å². The summed E-state index contributed by atoms with van der Waals surface area (Å²) in [6.07, 6.45) is 2.98. The van der Waals surface area contributed by atoms with Gasteiger partial charge in [0.25, 0.3) is 0 Å². The lowest BCUT2D eigenvalue weighted by atomic mass is 10.3. The number of ether oxygens (including phenoxy) is 1. The van der Waals surface area contributed by atoms with Crippen LogP contribution in [0.5, 0.6) is 5.75 Å². The number of methoxy groups -OCH3 is 1. The highest BCUT2D eigenvalue weighted by molar-refractivity contribution is 7.91. The van der Waals surface area contributed by atoms with Crippen molar-refractivity contribution in [1.29, 1.82) is 0 Å². The summed E-state index contributed by atoms with van der Waals surface area (Å²) in [6.45, 7) is 5.55. The Labute approximate surface area is 109 Å². The molecule has 0 spiro atoms. The van der Waals surface area contributed by atoms with Crippen LogP contribution in [0.4, 0.5) is 0 Å². The van der Waals surface area contributed by atoms with Crippen molar-refractivity contribution in [3.8, 4) is 5.75 Å². The summed E-state index contributed by atoms with van der Waals surface area (Å²) in [7, 11) is 1.53. The predicted molar refractivity (Wildman–Crippen MR) is 71.3 cm³/mol. The normalized spacial score (nSPS) is 14.0. The standard InChI is InChI=1S/C11H15ClN2O2S/c1-11(2,3)17(15)14-7-8-9(16-4)5-6-13-10(8)12/h5-7H,1-4H3/b14-7-. The number of halogens is 1. The fourth-order valence-corrected chi connectivity index (χ4v) is 1.70. The molecule has 0 aromatic carbocycles. The number of aromatic nitrogens is 1. The van der Waals surface area contributed by atoms with Gasteiger partial charge in [-0.2, -0.15) is 0 Å². The van der Waals surface area contributed by atoms with Gasteiger partial charge in [-0.1, -0.05) is 16.0 Å². The summed E-state index contributed by atoms with van der Waals surface area (Å²) in [4.78, 5) is 3.92. The summed E-state index contributed by atoms with van der Waals surface area (Å²) >= 11 is 4.60. The van der Waals surface area contributed by atoms with E-state index in [-0.39, 0.29) is 5.15 Å². The Morgan fingerprint density at radius 3 is 2.71 bits per heavy atom. The molecule has 0 fully saturated rings. The van der Waals surface area contributed by atoms with Gasteiger partial charge in [-0.15, -0.1) is 0 Å². The molecule has 1 atom stereocenters. The molecular formula is C11H15ClN2O2S. The highest BCUT2D eigenvalue weighted by atomic mass is 35.5. The molecule has 0 amide bonds. The van der Waals surface area contributed by atoms with E-state index in [1.807, 2.05) is 20.8 Å². The molecule has 0 radical (unpaired) electrons. The zero-order valence-corrected chi connectivity index (χ0v) is 11.8. The fraction of sp³-hybridized carbons (Fsp3) is 0.455. The van der Waals surface area contributed by atoms with E-state index >= 15 is 0 Å². The largest absolute Gasteiger partial charge is 0.591 e. The minimum absolute atomic E-state index is 0.277. The minimum Gasteiger partial charge on any atom is -0.591 e. The monoisotopic (exact) mass is 274 g/mol. The lowest BCUT2D eigenvalue weighted by Crippen LogP contribution is -2.25. The molecule has 17 heavy (non-hydrogen) atoms. The average Bonchev–Trinajstić information content (AvgIpc) is 2.25. The van der Waals surface area contributed by atoms with E-state index in [0.29, 0.717) is 11.3 Å². The first-order valence-electron chi connectivity index (χ1n) is 5.01. The van der Waals surface area contributed by atoms with Gasteiger partial charge in [0.1, 0.15) is 27.0 Å². The first-order chi connectivity index (χ1) is 7.86. The first-order valence-corrected chi connectivity index (χ1v) is 6.49. The van der Waals surface area contributed by atoms with Crippen LogP contribution in [-0.2, 0) is 11.4 Å². The molecule has 6 heteroatoms. The van der Waals surface area contributed by atoms with Crippen molar-refractivity contribution in [2.45, 2.75) is 25.5 Å². The molecule has 0 aliphatic carbocycles. The number of rotatable bonds is 3. The van der Waals surface area contributed by atoms with Crippen molar-refractivity contribution in [3.05, 3.63) is 23.0 Å². The van der Waals surface area contributed by atoms with Crippen LogP contribution in [0.25, 0.3) is 0 Å². The molecule has 1 rings (SSSR count). The Bertz CT molecular complexity index is 418. The Kier molecular flexibility index (Phi) is 4.80. The number of pyridine rings is 1. The SMILES string of the molecule is COc1ccnc(Cl)c1/C=N\[S+]([O-])C(C)(C)C. The molecule has 94 valence electrons. The number of hydrogen-bond donors (Lipinski definition) is 0. The van der Waals surface area contributed by atoms with Gasteiger partial charge in [-0.3, -0.25) is 0 Å². The maximum atomic E-state index is 11.8. The molecule has 0 aliphatic heterocycles. The molecule has 1 aromatic heterocycles. The van der Waals surface area contributed by atoms with Crippen LogP contribution in [0.1, 0.15) is 26.3 Å².